The van der Waals surface area contributed by atoms with Crippen molar-refractivity contribution in [2.75, 3.05) is 52.2 Å². The minimum absolute atomic E-state index is 0.376. The maximum Gasteiger partial charge on any atom is 0.173 e. The molecule has 2 N–H and O–H groups in total. The monoisotopic (exact) mass is 386 g/mol. The van der Waals surface area contributed by atoms with Crippen LogP contribution < -0.4 is 10.6 Å². The molecule has 8 nitrogen and oxygen atoms in total. The zero-order valence-corrected chi connectivity index (χ0v) is 16.6. The third kappa shape index (κ3) is 4.48. The minimum atomic E-state index is -0.376. The van der Waals surface area contributed by atoms with Crippen LogP contribution in [0.25, 0.3) is 21.5 Å². The van der Waals surface area contributed by atoms with E-state index in [1.807, 2.05) is 12.1 Å². The molecule has 0 aliphatic carbocycles. The molecule has 3 aromatic rings. The Kier molecular flexibility index (Phi) is 6.94. The SMILES string of the molecule is COC(CNc1nnc(NCC(OC)OC)c2cc3ccccc3cc12)OC. The van der Waals surface area contributed by atoms with Gasteiger partial charge >= 0.3 is 0 Å². The van der Waals surface area contributed by atoms with E-state index in [0.717, 1.165) is 21.5 Å². The van der Waals surface area contributed by atoms with Gasteiger partial charge in [-0.15, -0.1) is 10.2 Å². The first-order valence-electron chi connectivity index (χ1n) is 8.98. The van der Waals surface area contributed by atoms with Crippen LogP contribution in [-0.2, 0) is 18.9 Å². The summed E-state index contributed by atoms with van der Waals surface area (Å²) in [6, 6.07) is 12.4. The summed E-state index contributed by atoms with van der Waals surface area (Å²) in [4.78, 5) is 0. The summed E-state index contributed by atoms with van der Waals surface area (Å²) in [7, 11) is 6.40. The second kappa shape index (κ2) is 9.61. The first-order chi connectivity index (χ1) is 13.7. The molecule has 150 valence electrons. The average molecular weight is 386 g/mol. The van der Waals surface area contributed by atoms with Crippen molar-refractivity contribution in [3.8, 4) is 0 Å². The van der Waals surface area contributed by atoms with Crippen molar-refractivity contribution in [1.29, 1.82) is 0 Å². The van der Waals surface area contributed by atoms with E-state index in [1.54, 1.807) is 28.4 Å². The van der Waals surface area contributed by atoms with E-state index in [4.69, 9.17) is 18.9 Å². The van der Waals surface area contributed by atoms with E-state index in [9.17, 15) is 0 Å². The lowest BCUT2D eigenvalue weighted by molar-refractivity contribution is -0.0916. The number of hydrogen-bond acceptors (Lipinski definition) is 8. The van der Waals surface area contributed by atoms with Crippen molar-refractivity contribution in [3.05, 3.63) is 36.4 Å². The molecule has 2 aromatic carbocycles. The lowest BCUT2D eigenvalue weighted by Gasteiger charge is -2.18. The van der Waals surface area contributed by atoms with Gasteiger partial charge in [-0.2, -0.15) is 0 Å². The molecule has 0 amide bonds. The Balaban J connectivity index is 2.00. The van der Waals surface area contributed by atoms with E-state index in [1.165, 1.54) is 0 Å². The van der Waals surface area contributed by atoms with Gasteiger partial charge < -0.3 is 29.6 Å². The molecule has 0 fully saturated rings. The number of fused-ring (bicyclic) bond motifs is 2. The van der Waals surface area contributed by atoms with Gasteiger partial charge in [-0.3, -0.25) is 0 Å². The topological polar surface area (TPSA) is 86.8 Å². The van der Waals surface area contributed by atoms with Crippen molar-refractivity contribution in [2.24, 2.45) is 0 Å². The Bertz CT molecular complexity index is 839. The van der Waals surface area contributed by atoms with E-state index < -0.39 is 0 Å². The van der Waals surface area contributed by atoms with Crippen LogP contribution in [0.3, 0.4) is 0 Å². The molecular formula is C20H26N4O4. The molecule has 0 spiro atoms. The van der Waals surface area contributed by atoms with Crippen LogP contribution in [0.4, 0.5) is 11.6 Å². The third-order valence-electron chi connectivity index (χ3n) is 4.57. The minimum Gasteiger partial charge on any atom is -0.363 e. The molecule has 8 heteroatoms. The van der Waals surface area contributed by atoms with Crippen LogP contribution in [-0.4, -0.2) is 64.3 Å². The van der Waals surface area contributed by atoms with Gasteiger partial charge in [0, 0.05) is 39.2 Å². The highest BCUT2D eigenvalue weighted by molar-refractivity contribution is 6.06. The normalized spacial score (nSPS) is 11.6. The smallest absolute Gasteiger partial charge is 0.173 e. The van der Waals surface area contributed by atoms with Crippen molar-refractivity contribution >= 4 is 33.2 Å². The number of anilines is 2. The molecule has 0 radical (unpaired) electrons. The molecular weight excluding hydrogens is 360 g/mol. The van der Waals surface area contributed by atoms with Crippen LogP contribution in [0.2, 0.25) is 0 Å². The maximum absolute atomic E-state index is 5.24. The number of hydrogen-bond donors (Lipinski definition) is 2. The molecule has 0 aliphatic heterocycles. The fourth-order valence-corrected chi connectivity index (χ4v) is 2.99. The van der Waals surface area contributed by atoms with E-state index in [0.29, 0.717) is 24.7 Å². The summed E-state index contributed by atoms with van der Waals surface area (Å²) in [5.41, 5.74) is 0. The van der Waals surface area contributed by atoms with Gasteiger partial charge in [-0.25, -0.2) is 0 Å². The molecule has 0 bridgehead atoms. The largest absolute Gasteiger partial charge is 0.363 e. The Labute approximate surface area is 164 Å². The van der Waals surface area contributed by atoms with E-state index in [-0.39, 0.29) is 12.6 Å². The molecule has 0 saturated heterocycles. The van der Waals surface area contributed by atoms with Crippen LogP contribution in [0.5, 0.6) is 0 Å². The molecule has 1 aromatic heterocycles. The first kappa shape index (κ1) is 20.2. The first-order valence-corrected chi connectivity index (χ1v) is 8.98. The Morgan fingerprint density at radius 2 is 1.11 bits per heavy atom. The van der Waals surface area contributed by atoms with E-state index >= 15 is 0 Å². The van der Waals surface area contributed by atoms with Crippen molar-refractivity contribution in [3.63, 3.8) is 0 Å². The fraction of sp³-hybridized carbons (Fsp3) is 0.400. The Hall–Kier alpha value is -2.52. The molecule has 3 rings (SSSR count). The van der Waals surface area contributed by atoms with Crippen LogP contribution >= 0.6 is 0 Å². The Morgan fingerprint density at radius 1 is 0.714 bits per heavy atom. The summed E-state index contributed by atoms with van der Waals surface area (Å²) in [5.74, 6) is 1.33. The van der Waals surface area contributed by atoms with Crippen molar-refractivity contribution in [1.82, 2.24) is 10.2 Å². The number of benzene rings is 2. The number of aromatic nitrogens is 2. The quantitative estimate of drug-likeness (QED) is 0.406. The molecule has 0 atom stereocenters. The lowest BCUT2D eigenvalue weighted by atomic mass is 10.0. The van der Waals surface area contributed by atoms with E-state index in [2.05, 4.69) is 45.1 Å². The number of nitrogens with zero attached hydrogens (tertiary/aromatic N) is 2. The van der Waals surface area contributed by atoms with Gasteiger partial charge in [-0.05, 0) is 22.9 Å². The maximum atomic E-state index is 5.24. The summed E-state index contributed by atoms with van der Waals surface area (Å²) >= 11 is 0. The van der Waals surface area contributed by atoms with Gasteiger partial charge in [0.1, 0.15) is 0 Å². The third-order valence-corrected chi connectivity index (χ3v) is 4.57. The Morgan fingerprint density at radius 3 is 1.46 bits per heavy atom. The number of rotatable bonds is 10. The standard InChI is InChI=1S/C20H26N4O4/c1-25-17(26-2)11-21-19-15-9-13-7-5-6-8-14(13)10-16(15)20(24-23-19)22-12-18(27-3)28-4/h5-10,17-18H,11-12H2,1-4H3,(H,21,23)(H,22,24). The summed E-state index contributed by atoms with van der Waals surface area (Å²) in [6.45, 7) is 0.900. The second-order valence-electron chi connectivity index (χ2n) is 6.21. The number of methoxy groups -OCH3 is 4. The van der Waals surface area contributed by atoms with Gasteiger partial charge in [0.05, 0.1) is 13.1 Å². The fourth-order valence-electron chi connectivity index (χ4n) is 2.99. The number of nitrogens with one attached hydrogen (secondary N) is 2. The predicted octanol–water partition coefficient (Wildman–Crippen LogP) is 2.84. The van der Waals surface area contributed by atoms with Crippen molar-refractivity contribution in [2.45, 2.75) is 12.6 Å². The van der Waals surface area contributed by atoms with Crippen LogP contribution in [0, 0.1) is 0 Å². The lowest BCUT2D eigenvalue weighted by Crippen LogP contribution is -2.25. The van der Waals surface area contributed by atoms with Gasteiger partial charge in [0.2, 0.25) is 0 Å². The van der Waals surface area contributed by atoms with Crippen LogP contribution in [0.1, 0.15) is 0 Å². The molecule has 0 saturated carbocycles. The molecule has 28 heavy (non-hydrogen) atoms. The zero-order chi connectivity index (χ0) is 19.9. The van der Waals surface area contributed by atoms with Gasteiger partial charge in [0.15, 0.2) is 24.2 Å². The summed E-state index contributed by atoms with van der Waals surface area (Å²) < 4.78 is 21.0. The zero-order valence-electron chi connectivity index (χ0n) is 16.6. The van der Waals surface area contributed by atoms with Crippen LogP contribution in [0.15, 0.2) is 36.4 Å². The number of ether oxygens (including phenoxy) is 4. The second-order valence-corrected chi connectivity index (χ2v) is 6.21. The van der Waals surface area contributed by atoms with Crippen molar-refractivity contribution < 1.29 is 18.9 Å². The predicted molar refractivity (Wildman–Crippen MR) is 110 cm³/mol. The molecule has 0 aliphatic rings. The summed E-state index contributed by atoms with van der Waals surface area (Å²) in [6.07, 6.45) is -0.751. The highest BCUT2D eigenvalue weighted by Crippen LogP contribution is 2.31. The van der Waals surface area contributed by atoms with Gasteiger partial charge in [0.25, 0.3) is 0 Å². The molecule has 1 heterocycles. The highest BCUT2D eigenvalue weighted by Gasteiger charge is 2.14. The molecule has 0 unspecified atom stereocenters. The van der Waals surface area contributed by atoms with Gasteiger partial charge in [-0.1, -0.05) is 24.3 Å². The average Bonchev–Trinajstić information content (AvgIpc) is 2.74. The highest BCUT2D eigenvalue weighted by atomic mass is 16.7. The summed E-state index contributed by atoms with van der Waals surface area (Å²) in [5, 5.41) is 19.4.